The Hall–Kier alpha value is -0.810. The lowest BCUT2D eigenvalue weighted by Gasteiger charge is -2.23. The molecule has 2 heterocycles. The smallest absolute Gasteiger partial charge is 0.225 e. The van der Waals surface area contributed by atoms with Crippen molar-refractivity contribution in [3.8, 4) is 0 Å². The van der Waals surface area contributed by atoms with E-state index in [4.69, 9.17) is 0 Å². The number of hydrogen-bond acceptors (Lipinski definition) is 5. The van der Waals surface area contributed by atoms with Crippen LogP contribution in [0.4, 0.5) is 5.95 Å². The Kier molecular flexibility index (Phi) is 4.68. The molecule has 1 aromatic heterocycles. The predicted octanol–water partition coefficient (Wildman–Crippen LogP) is 2.23. The van der Waals surface area contributed by atoms with Crippen LogP contribution >= 0.6 is 11.8 Å². The average Bonchev–Trinajstić information content (AvgIpc) is 2.53. The molecule has 1 aromatic rings. The second-order valence-corrected chi connectivity index (χ2v) is 7.46. The Bertz CT molecular complexity index is 433. The van der Waals surface area contributed by atoms with Crippen LogP contribution in [-0.2, 0) is 6.54 Å². The van der Waals surface area contributed by atoms with E-state index in [9.17, 15) is 0 Å². The van der Waals surface area contributed by atoms with E-state index in [0.29, 0.717) is 4.75 Å². The molecule has 1 aliphatic rings. The van der Waals surface area contributed by atoms with E-state index < -0.39 is 0 Å². The van der Waals surface area contributed by atoms with Crippen LogP contribution in [0, 0.1) is 6.92 Å². The van der Waals surface area contributed by atoms with Gasteiger partial charge in [0.05, 0.1) is 0 Å². The lowest BCUT2D eigenvalue weighted by molar-refractivity contribution is 0.630. The summed E-state index contributed by atoms with van der Waals surface area (Å²) in [4.78, 5) is 11.5. The molecule has 4 nitrogen and oxygen atoms in total. The summed E-state index contributed by atoms with van der Waals surface area (Å²) in [6, 6.07) is 0. The van der Waals surface area contributed by atoms with Crippen molar-refractivity contribution < 1.29 is 0 Å². The van der Waals surface area contributed by atoms with E-state index in [0.717, 1.165) is 37.0 Å². The summed E-state index contributed by atoms with van der Waals surface area (Å²) < 4.78 is 0.371. The van der Waals surface area contributed by atoms with E-state index in [2.05, 4.69) is 41.0 Å². The van der Waals surface area contributed by atoms with Crippen molar-refractivity contribution in [1.82, 2.24) is 15.3 Å². The minimum atomic E-state index is 0.371. The zero-order valence-electron chi connectivity index (χ0n) is 12.4. The van der Waals surface area contributed by atoms with Gasteiger partial charge in [0.25, 0.3) is 0 Å². The first-order valence-electron chi connectivity index (χ1n) is 6.88. The number of hydrogen-bond donors (Lipinski definition) is 1. The van der Waals surface area contributed by atoms with Gasteiger partial charge in [0.15, 0.2) is 0 Å². The molecular formula is C14H24N4S. The Labute approximate surface area is 120 Å². The topological polar surface area (TPSA) is 41.1 Å². The Balaban J connectivity index is 2.11. The normalized spacial score (nSPS) is 19.3. The van der Waals surface area contributed by atoms with Crippen LogP contribution in [0.3, 0.4) is 0 Å². The first kappa shape index (κ1) is 14.6. The van der Waals surface area contributed by atoms with Gasteiger partial charge in [-0.05, 0) is 20.4 Å². The molecule has 0 bridgehead atoms. The first-order valence-corrected chi connectivity index (χ1v) is 7.86. The highest BCUT2D eigenvalue weighted by Crippen LogP contribution is 2.31. The van der Waals surface area contributed by atoms with Crippen molar-refractivity contribution in [1.29, 1.82) is 0 Å². The molecule has 0 aliphatic carbocycles. The fourth-order valence-corrected chi connectivity index (χ4v) is 3.32. The fourth-order valence-electron chi connectivity index (χ4n) is 2.22. The summed E-state index contributed by atoms with van der Waals surface area (Å²) in [5.41, 5.74) is 2.26. The van der Waals surface area contributed by atoms with Gasteiger partial charge in [-0.15, -0.1) is 0 Å². The van der Waals surface area contributed by atoms with Crippen LogP contribution in [0.1, 0.15) is 31.5 Å². The summed E-state index contributed by atoms with van der Waals surface area (Å²) in [7, 11) is 1.95. The van der Waals surface area contributed by atoms with E-state index in [1.165, 1.54) is 12.0 Å². The third-order valence-corrected chi connectivity index (χ3v) is 4.93. The molecule has 0 unspecified atom stereocenters. The maximum Gasteiger partial charge on any atom is 0.225 e. The van der Waals surface area contributed by atoms with Gasteiger partial charge in [0.2, 0.25) is 5.95 Å². The van der Waals surface area contributed by atoms with Gasteiger partial charge in [0.1, 0.15) is 0 Å². The molecule has 2 rings (SSSR count). The molecule has 0 atom stereocenters. The SMILES string of the molecule is CNCc1cnc(N2CCSC(C)(C)CC2)nc1C. The number of rotatable bonds is 3. The standard InChI is InChI=1S/C14H24N4S/c1-11-12(9-15-4)10-16-13(17-11)18-6-5-14(2,3)19-8-7-18/h10,15H,5-9H2,1-4H3. The number of nitrogens with zero attached hydrogens (tertiary/aromatic N) is 3. The molecule has 1 aliphatic heterocycles. The second kappa shape index (κ2) is 6.09. The third-order valence-electron chi connectivity index (χ3n) is 3.56. The zero-order chi connectivity index (χ0) is 13.9. The number of anilines is 1. The highest BCUT2D eigenvalue weighted by molar-refractivity contribution is 8.00. The summed E-state index contributed by atoms with van der Waals surface area (Å²) in [5, 5.41) is 3.15. The van der Waals surface area contributed by atoms with Crippen LogP contribution < -0.4 is 10.2 Å². The molecule has 0 radical (unpaired) electrons. The largest absolute Gasteiger partial charge is 0.340 e. The van der Waals surface area contributed by atoms with Crippen LogP contribution in [0.15, 0.2) is 6.20 Å². The molecule has 0 saturated carbocycles. The lowest BCUT2D eigenvalue weighted by Crippen LogP contribution is -2.29. The van der Waals surface area contributed by atoms with E-state index in [1.807, 2.05) is 25.0 Å². The molecule has 0 aromatic carbocycles. The van der Waals surface area contributed by atoms with Gasteiger partial charge in [-0.1, -0.05) is 13.8 Å². The molecule has 19 heavy (non-hydrogen) atoms. The van der Waals surface area contributed by atoms with E-state index >= 15 is 0 Å². The van der Waals surface area contributed by atoms with Crippen molar-refractivity contribution >= 4 is 17.7 Å². The molecule has 0 amide bonds. The van der Waals surface area contributed by atoms with E-state index in [1.54, 1.807) is 0 Å². The number of aryl methyl sites for hydroxylation is 1. The van der Waals surface area contributed by atoms with Crippen molar-refractivity contribution in [2.75, 3.05) is 30.8 Å². The van der Waals surface area contributed by atoms with Gasteiger partial charge in [-0.25, -0.2) is 9.97 Å². The molecule has 1 fully saturated rings. The first-order chi connectivity index (χ1) is 9.02. The molecule has 5 heteroatoms. The molecule has 106 valence electrons. The minimum absolute atomic E-state index is 0.371. The van der Waals surface area contributed by atoms with Crippen molar-refractivity contribution in [2.24, 2.45) is 0 Å². The maximum atomic E-state index is 4.67. The van der Waals surface area contributed by atoms with Gasteiger partial charge in [0, 0.05) is 47.6 Å². The summed E-state index contributed by atoms with van der Waals surface area (Å²) in [5.74, 6) is 2.03. The van der Waals surface area contributed by atoms with Gasteiger partial charge in [-0.2, -0.15) is 11.8 Å². The van der Waals surface area contributed by atoms with Crippen LogP contribution in [0.25, 0.3) is 0 Å². The molecule has 0 spiro atoms. The van der Waals surface area contributed by atoms with Crippen molar-refractivity contribution in [2.45, 2.75) is 38.5 Å². The quantitative estimate of drug-likeness (QED) is 0.919. The second-order valence-electron chi connectivity index (χ2n) is 5.66. The van der Waals surface area contributed by atoms with Gasteiger partial charge in [-0.3, -0.25) is 0 Å². The monoisotopic (exact) mass is 280 g/mol. The number of nitrogens with one attached hydrogen (secondary N) is 1. The van der Waals surface area contributed by atoms with Crippen LogP contribution in [0.5, 0.6) is 0 Å². The van der Waals surface area contributed by atoms with Crippen LogP contribution in [-0.4, -0.2) is 40.6 Å². The minimum Gasteiger partial charge on any atom is -0.340 e. The number of aromatic nitrogens is 2. The highest BCUT2D eigenvalue weighted by atomic mass is 32.2. The Morgan fingerprint density at radius 1 is 1.42 bits per heavy atom. The third kappa shape index (κ3) is 3.83. The van der Waals surface area contributed by atoms with Crippen LogP contribution in [0.2, 0.25) is 0 Å². The van der Waals surface area contributed by atoms with Crippen molar-refractivity contribution in [3.05, 3.63) is 17.5 Å². The predicted molar refractivity (Wildman–Crippen MR) is 82.9 cm³/mol. The summed E-state index contributed by atoms with van der Waals surface area (Å²) >= 11 is 2.05. The maximum absolute atomic E-state index is 4.67. The molecule has 1 N–H and O–H groups in total. The fraction of sp³-hybridized carbons (Fsp3) is 0.714. The van der Waals surface area contributed by atoms with E-state index in [-0.39, 0.29) is 0 Å². The molecular weight excluding hydrogens is 256 g/mol. The Morgan fingerprint density at radius 2 is 2.21 bits per heavy atom. The van der Waals surface area contributed by atoms with Gasteiger partial charge >= 0.3 is 0 Å². The zero-order valence-corrected chi connectivity index (χ0v) is 13.2. The van der Waals surface area contributed by atoms with Gasteiger partial charge < -0.3 is 10.2 Å². The summed E-state index contributed by atoms with van der Waals surface area (Å²) in [6.45, 7) is 9.62. The molecule has 1 saturated heterocycles. The summed E-state index contributed by atoms with van der Waals surface area (Å²) in [6.07, 6.45) is 3.13. The highest BCUT2D eigenvalue weighted by Gasteiger charge is 2.24. The number of thioether (sulfide) groups is 1. The Morgan fingerprint density at radius 3 is 2.89 bits per heavy atom. The van der Waals surface area contributed by atoms with Crippen molar-refractivity contribution in [3.63, 3.8) is 0 Å². The lowest BCUT2D eigenvalue weighted by atomic mass is 10.1. The average molecular weight is 280 g/mol.